The highest BCUT2D eigenvalue weighted by Crippen LogP contribution is 2.15. The molecule has 0 fully saturated rings. The molecule has 0 saturated carbocycles. The summed E-state index contributed by atoms with van der Waals surface area (Å²) in [6.45, 7) is 1.85. The van der Waals surface area contributed by atoms with E-state index >= 15 is 0 Å². The van der Waals surface area contributed by atoms with Crippen molar-refractivity contribution < 1.29 is 4.79 Å². The summed E-state index contributed by atoms with van der Waals surface area (Å²) >= 11 is 0. The van der Waals surface area contributed by atoms with Gasteiger partial charge in [0.15, 0.2) is 0 Å². The molecule has 0 bridgehead atoms. The number of carbonyl (C=O) groups is 1. The molecule has 96 valence electrons. The van der Waals surface area contributed by atoms with Crippen LogP contribution in [-0.2, 0) is 0 Å². The maximum Gasteiger partial charge on any atom is 0.251 e. The molecule has 0 saturated heterocycles. The van der Waals surface area contributed by atoms with Crippen molar-refractivity contribution in [1.29, 1.82) is 0 Å². The highest BCUT2D eigenvalue weighted by molar-refractivity contribution is 5.98. The fourth-order valence-corrected chi connectivity index (χ4v) is 1.97. The second-order valence-electron chi connectivity index (χ2n) is 4.35. The Bertz CT molecular complexity index is 701. The Kier molecular flexibility index (Phi) is 2.75. The molecule has 19 heavy (non-hydrogen) atoms. The van der Waals surface area contributed by atoms with Crippen molar-refractivity contribution in [2.45, 2.75) is 13.0 Å². The molecule has 0 radical (unpaired) electrons. The van der Waals surface area contributed by atoms with Crippen LogP contribution >= 0.6 is 0 Å². The van der Waals surface area contributed by atoms with Gasteiger partial charge in [0.1, 0.15) is 12.2 Å². The minimum absolute atomic E-state index is 0.132. The van der Waals surface area contributed by atoms with E-state index in [9.17, 15) is 4.79 Å². The van der Waals surface area contributed by atoms with Crippen LogP contribution in [0.15, 0.2) is 36.8 Å². The maximum atomic E-state index is 12.1. The van der Waals surface area contributed by atoms with Crippen LogP contribution in [0.1, 0.15) is 29.1 Å². The Hall–Kier alpha value is -2.63. The van der Waals surface area contributed by atoms with Gasteiger partial charge in [0, 0.05) is 22.7 Å². The minimum Gasteiger partial charge on any atom is -0.361 e. The van der Waals surface area contributed by atoms with Crippen molar-refractivity contribution in [3.8, 4) is 0 Å². The smallest absolute Gasteiger partial charge is 0.251 e. The molecule has 3 rings (SSSR count). The Labute approximate surface area is 109 Å². The standard InChI is InChI=1S/C13H13N5O/c1-8(12-15-7-16-18-12)17-13(19)10-2-3-11-9(6-10)4-5-14-11/h2-8,14H,1H3,(H,17,19)(H,15,16,18). The summed E-state index contributed by atoms with van der Waals surface area (Å²) in [5, 5.41) is 10.4. The van der Waals surface area contributed by atoms with E-state index in [0.717, 1.165) is 10.9 Å². The predicted molar refractivity (Wildman–Crippen MR) is 70.6 cm³/mol. The van der Waals surface area contributed by atoms with E-state index in [1.54, 1.807) is 6.07 Å². The van der Waals surface area contributed by atoms with Gasteiger partial charge in [-0.2, -0.15) is 5.10 Å². The Morgan fingerprint density at radius 1 is 1.37 bits per heavy atom. The fraction of sp³-hybridized carbons (Fsp3) is 0.154. The molecule has 0 aliphatic carbocycles. The molecule has 6 heteroatoms. The number of fused-ring (bicyclic) bond motifs is 1. The Morgan fingerprint density at radius 3 is 3.05 bits per heavy atom. The van der Waals surface area contributed by atoms with Gasteiger partial charge in [0.25, 0.3) is 5.91 Å². The highest BCUT2D eigenvalue weighted by Gasteiger charge is 2.13. The van der Waals surface area contributed by atoms with E-state index in [2.05, 4.69) is 25.5 Å². The number of H-pyrrole nitrogens is 2. The summed E-state index contributed by atoms with van der Waals surface area (Å²) in [6.07, 6.45) is 3.27. The number of hydrogen-bond donors (Lipinski definition) is 3. The van der Waals surface area contributed by atoms with E-state index < -0.39 is 0 Å². The van der Waals surface area contributed by atoms with E-state index in [4.69, 9.17) is 0 Å². The minimum atomic E-state index is -0.211. The van der Waals surface area contributed by atoms with Gasteiger partial charge in [-0.05, 0) is 31.2 Å². The average Bonchev–Trinajstić information content (AvgIpc) is 3.09. The molecule has 0 aliphatic heterocycles. The van der Waals surface area contributed by atoms with Crippen LogP contribution in [0.4, 0.5) is 0 Å². The number of benzene rings is 1. The van der Waals surface area contributed by atoms with Gasteiger partial charge in [-0.15, -0.1) is 0 Å². The third-order valence-electron chi connectivity index (χ3n) is 3.01. The number of carbonyl (C=O) groups excluding carboxylic acids is 1. The van der Waals surface area contributed by atoms with Gasteiger partial charge in [-0.25, -0.2) is 4.98 Å². The first-order chi connectivity index (χ1) is 9.24. The molecule has 1 unspecified atom stereocenters. The lowest BCUT2D eigenvalue weighted by atomic mass is 10.1. The van der Waals surface area contributed by atoms with Crippen LogP contribution in [-0.4, -0.2) is 26.1 Å². The molecule has 2 heterocycles. The summed E-state index contributed by atoms with van der Waals surface area (Å²) in [5.74, 6) is 0.503. The summed E-state index contributed by atoms with van der Waals surface area (Å²) in [6, 6.07) is 7.27. The van der Waals surface area contributed by atoms with Gasteiger partial charge >= 0.3 is 0 Å². The summed E-state index contributed by atoms with van der Waals surface area (Å²) in [5.41, 5.74) is 1.64. The number of rotatable bonds is 3. The van der Waals surface area contributed by atoms with E-state index in [1.165, 1.54) is 6.33 Å². The summed E-state index contributed by atoms with van der Waals surface area (Å²) in [4.78, 5) is 19.2. The first-order valence-electron chi connectivity index (χ1n) is 5.97. The molecule has 3 N–H and O–H groups in total. The zero-order valence-electron chi connectivity index (χ0n) is 10.3. The molecule has 1 amide bonds. The highest BCUT2D eigenvalue weighted by atomic mass is 16.1. The van der Waals surface area contributed by atoms with E-state index in [-0.39, 0.29) is 11.9 Å². The number of aromatic amines is 2. The van der Waals surface area contributed by atoms with Crippen LogP contribution < -0.4 is 5.32 Å². The quantitative estimate of drug-likeness (QED) is 0.666. The topological polar surface area (TPSA) is 86.5 Å². The second-order valence-corrected chi connectivity index (χ2v) is 4.35. The van der Waals surface area contributed by atoms with Crippen LogP contribution in [0, 0.1) is 0 Å². The number of aromatic nitrogens is 4. The largest absolute Gasteiger partial charge is 0.361 e. The van der Waals surface area contributed by atoms with Gasteiger partial charge in [-0.1, -0.05) is 0 Å². The van der Waals surface area contributed by atoms with Crippen LogP contribution in [0.5, 0.6) is 0 Å². The van der Waals surface area contributed by atoms with Crippen molar-refractivity contribution in [1.82, 2.24) is 25.5 Å². The van der Waals surface area contributed by atoms with Crippen molar-refractivity contribution in [3.05, 3.63) is 48.2 Å². The molecule has 6 nitrogen and oxygen atoms in total. The SMILES string of the molecule is CC(NC(=O)c1ccc2[nH]ccc2c1)c1ncn[nH]1. The first kappa shape index (κ1) is 11.5. The molecular formula is C13H13N5O. The number of nitrogens with zero attached hydrogens (tertiary/aromatic N) is 2. The monoisotopic (exact) mass is 255 g/mol. The predicted octanol–water partition coefficient (Wildman–Crippen LogP) is 1.78. The molecule has 0 spiro atoms. The molecule has 0 aliphatic rings. The van der Waals surface area contributed by atoms with Gasteiger partial charge in [0.05, 0.1) is 6.04 Å². The lowest BCUT2D eigenvalue weighted by Crippen LogP contribution is -2.27. The Balaban J connectivity index is 1.79. The third-order valence-corrected chi connectivity index (χ3v) is 3.01. The number of amides is 1. The Morgan fingerprint density at radius 2 is 2.26 bits per heavy atom. The van der Waals surface area contributed by atoms with E-state index in [0.29, 0.717) is 11.4 Å². The lowest BCUT2D eigenvalue weighted by Gasteiger charge is -2.11. The van der Waals surface area contributed by atoms with Crippen molar-refractivity contribution >= 4 is 16.8 Å². The van der Waals surface area contributed by atoms with Crippen molar-refractivity contribution in [2.24, 2.45) is 0 Å². The van der Waals surface area contributed by atoms with Gasteiger partial charge in [0.2, 0.25) is 0 Å². The third kappa shape index (κ3) is 2.20. The zero-order valence-corrected chi connectivity index (χ0v) is 10.3. The molecule has 1 atom stereocenters. The molecule has 3 aromatic rings. The summed E-state index contributed by atoms with van der Waals surface area (Å²) < 4.78 is 0. The summed E-state index contributed by atoms with van der Waals surface area (Å²) in [7, 11) is 0. The van der Waals surface area contributed by atoms with Crippen LogP contribution in [0.2, 0.25) is 0 Å². The van der Waals surface area contributed by atoms with Crippen LogP contribution in [0.3, 0.4) is 0 Å². The van der Waals surface area contributed by atoms with Crippen molar-refractivity contribution in [2.75, 3.05) is 0 Å². The number of nitrogens with one attached hydrogen (secondary N) is 3. The molecule has 2 aromatic heterocycles. The number of hydrogen-bond acceptors (Lipinski definition) is 3. The van der Waals surface area contributed by atoms with Crippen LogP contribution in [0.25, 0.3) is 10.9 Å². The van der Waals surface area contributed by atoms with Gasteiger partial charge in [-0.3, -0.25) is 9.89 Å². The normalized spacial score (nSPS) is 12.5. The second kappa shape index (κ2) is 4.56. The average molecular weight is 255 g/mol. The lowest BCUT2D eigenvalue weighted by molar-refractivity contribution is 0.0938. The molecule has 1 aromatic carbocycles. The molecular weight excluding hydrogens is 242 g/mol. The first-order valence-corrected chi connectivity index (χ1v) is 5.97. The fourth-order valence-electron chi connectivity index (χ4n) is 1.97. The zero-order chi connectivity index (χ0) is 13.2. The van der Waals surface area contributed by atoms with Gasteiger partial charge < -0.3 is 10.3 Å². The maximum absolute atomic E-state index is 12.1. The van der Waals surface area contributed by atoms with Crippen molar-refractivity contribution in [3.63, 3.8) is 0 Å². The van der Waals surface area contributed by atoms with E-state index in [1.807, 2.05) is 31.3 Å².